The molecule has 1 heterocycles. The van der Waals surface area contributed by atoms with Crippen molar-refractivity contribution < 1.29 is 9.47 Å². The molecule has 1 saturated heterocycles. The number of aryl methyl sites for hydroxylation is 1. The second kappa shape index (κ2) is 11.1. The van der Waals surface area contributed by atoms with Crippen molar-refractivity contribution in [3.8, 4) is 0 Å². The van der Waals surface area contributed by atoms with Gasteiger partial charge in [-0.15, -0.1) is 0 Å². The van der Waals surface area contributed by atoms with E-state index >= 15 is 0 Å². The van der Waals surface area contributed by atoms with E-state index < -0.39 is 0 Å². The largest absolute Gasteiger partial charge is 0.379 e. The van der Waals surface area contributed by atoms with Crippen LogP contribution in [0.15, 0.2) is 29.3 Å². The summed E-state index contributed by atoms with van der Waals surface area (Å²) in [6.07, 6.45) is 2.28. The van der Waals surface area contributed by atoms with E-state index in [-0.39, 0.29) is 6.10 Å². The monoisotopic (exact) mass is 347 g/mol. The summed E-state index contributed by atoms with van der Waals surface area (Å²) in [5.41, 5.74) is 2.64. The van der Waals surface area contributed by atoms with Gasteiger partial charge in [-0.2, -0.15) is 0 Å². The Hall–Kier alpha value is -1.59. The molecule has 0 spiro atoms. The molecule has 0 amide bonds. The maximum Gasteiger partial charge on any atom is 0.191 e. The number of rotatable bonds is 9. The zero-order valence-electron chi connectivity index (χ0n) is 15.9. The van der Waals surface area contributed by atoms with Crippen molar-refractivity contribution in [1.82, 2.24) is 10.6 Å². The van der Waals surface area contributed by atoms with E-state index in [9.17, 15) is 0 Å². The molecule has 5 heteroatoms. The van der Waals surface area contributed by atoms with Crippen LogP contribution in [0.3, 0.4) is 0 Å². The number of hydrogen-bond acceptors (Lipinski definition) is 3. The first-order chi connectivity index (χ1) is 12.2. The van der Waals surface area contributed by atoms with Crippen LogP contribution in [-0.4, -0.2) is 51.5 Å². The van der Waals surface area contributed by atoms with Gasteiger partial charge in [0.25, 0.3) is 0 Å². The lowest BCUT2D eigenvalue weighted by atomic mass is 10.00. The van der Waals surface area contributed by atoms with E-state index in [4.69, 9.17) is 14.5 Å². The maximum absolute atomic E-state index is 5.79. The molecule has 2 N–H and O–H groups in total. The average Bonchev–Trinajstić information content (AvgIpc) is 3.12. The number of guanidine groups is 1. The number of ether oxygens (including phenoxy) is 2. The van der Waals surface area contributed by atoms with Gasteiger partial charge in [0.15, 0.2) is 5.96 Å². The lowest BCUT2D eigenvalue weighted by Gasteiger charge is -2.15. The van der Waals surface area contributed by atoms with E-state index in [2.05, 4.69) is 55.7 Å². The van der Waals surface area contributed by atoms with Crippen molar-refractivity contribution in [3.05, 3.63) is 35.4 Å². The summed E-state index contributed by atoms with van der Waals surface area (Å²) in [7, 11) is 0. The highest BCUT2D eigenvalue weighted by atomic mass is 16.5. The molecule has 2 rings (SSSR count). The SMILES string of the molecule is CCNC(=NCC(C)c1cccc(C)c1)NCCCOC1CCOC1. The Morgan fingerprint density at radius 1 is 1.40 bits per heavy atom. The van der Waals surface area contributed by atoms with Gasteiger partial charge in [0.05, 0.1) is 12.7 Å². The quantitative estimate of drug-likeness (QED) is 0.410. The minimum Gasteiger partial charge on any atom is -0.379 e. The van der Waals surface area contributed by atoms with Gasteiger partial charge in [-0.25, -0.2) is 0 Å². The van der Waals surface area contributed by atoms with Gasteiger partial charge in [-0.3, -0.25) is 4.99 Å². The van der Waals surface area contributed by atoms with Crippen molar-refractivity contribution in [2.75, 3.05) is 39.5 Å². The van der Waals surface area contributed by atoms with Crippen LogP contribution in [0.5, 0.6) is 0 Å². The summed E-state index contributed by atoms with van der Waals surface area (Å²) in [6, 6.07) is 8.66. The molecule has 0 bridgehead atoms. The molecule has 0 saturated carbocycles. The number of nitrogens with zero attached hydrogens (tertiary/aromatic N) is 1. The third-order valence-electron chi connectivity index (χ3n) is 4.33. The Kier molecular flexibility index (Phi) is 8.77. The summed E-state index contributed by atoms with van der Waals surface area (Å²) < 4.78 is 11.1. The van der Waals surface area contributed by atoms with Crippen LogP contribution in [0, 0.1) is 6.92 Å². The standard InChI is InChI=1S/C20H33N3O2/c1-4-21-20(22-10-6-11-25-19-9-12-24-15-19)23-14-17(3)18-8-5-7-16(2)13-18/h5,7-8,13,17,19H,4,6,9-12,14-15H2,1-3H3,(H2,21,22,23). The molecule has 0 aliphatic carbocycles. The van der Waals surface area contributed by atoms with Crippen LogP contribution in [0.1, 0.15) is 43.7 Å². The van der Waals surface area contributed by atoms with E-state index in [1.807, 2.05) is 0 Å². The zero-order chi connectivity index (χ0) is 17.9. The fraction of sp³-hybridized carbons (Fsp3) is 0.650. The molecule has 0 radical (unpaired) electrons. The van der Waals surface area contributed by atoms with Gasteiger partial charge in [-0.05, 0) is 32.3 Å². The Morgan fingerprint density at radius 3 is 3.00 bits per heavy atom. The fourth-order valence-electron chi connectivity index (χ4n) is 2.83. The average molecular weight is 348 g/mol. The summed E-state index contributed by atoms with van der Waals surface area (Å²) in [5.74, 6) is 1.28. The highest BCUT2D eigenvalue weighted by Gasteiger charge is 2.15. The van der Waals surface area contributed by atoms with Gasteiger partial charge in [0, 0.05) is 38.8 Å². The molecule has 140 valence electrons. The molecule has 1 aromatic carbocycles. The Bertz CT molecular complexity index is 527. The molecule has 25 heavy (non-hydrogen) atoms. The van der Waals surface area contributed by atoms with E-state index in [0.29, 0.717) is 5.92 Å². The predicted octanol–water partition coefficient (Wildman–Crippen LogP) is 2.85. The van der Waals surface area contributed by atoms with Gasteiger partial charge in [-0.1, -0.05) is 36.8 Å². The number of aliphatic imine (C=N–C) groups is 1. The van der Waals surface area contributed by atoms with E-state index in [1.54, 1.807) is 0 Å². The normalized spacial score (nSPS) is 19.0. The van der Waals surface area contributed by atoms with E-state index in [0.717, 1.165) is 58.3 Å². The molecule has 2 unspecified atom stereocenters. The Morgan fingerprint density at radius 2 is 2.28 bits per heavy atom. The highest BCUT2D eigenvalue weighted by Crippen LogP contribution is 2.16. The molecule has 1 aromatic rings. The minimum atomic E-state index is 0.289. The second-order valence-electron chi connectivity index (χ2n) is 6.67. The van der Waals surface area contributed by atoms with E-state index in [1.165, 1.54) is 11.1 Å². The lowest BCUT2D eigenvalue weighted by molar-refractivity contribution is 0.0420. The topological polar surface area (TPSA) is 54.9 Å². The molecule has 1 aliphatic heterocycles. The molecule has 0 aromatic heterocycles. The van der Waals surface area contributed by atoms with Crippen molar-refractivity contribution in [2.45, 2.75) is 45.6 Å². The fourth-order valence-corrected chi connectivity index (χ4v) is 2.83. The van der Waals surface area contributed by atoms with Crippen molar-refractivity contribution in [3.63, 3.8) is 0 Å². The summed E-state index contributed by atoms with van der Waals surface area (Å²) in [4.78, 5) is 4.73. The number of nitrogens with one attached hydrogen (secondary N) is 2. The first-order valence-corrected chi connectivity index (χ1v) is 9.47. The van der Waals surface area contributed by atoms with Crippen LogP contribution < -0.4 is 10.6 Å². The van der Waals surface area contributed by atoms with Crippen LogP contribution in [0.25, 0.3) is 0 Å². The van der Waals surface area contributed by atoms with Crippen LogP contribution in [0.4, 0.5) is 0 Å². The lowest BCUT2D eigenvalue weighted by Crippen LogP contribution is -2.38. The predicted molar refractivity (Wildman–Crippen MR) is 103 cm³/mol. The molecule has 2 atom stereocenters. The van der Waals surface area contributed by atoms with Crippen molar-refractivity contribution >= 4 is 5.96 Å². The van der Waals surface area contributed by atoms with Gasteiger partial charge in [0.1, 0.15) is 0 Å². The highest BCUT2D eigenvalue weighted by molar-refractivity contribution is 5.79. The third-order valence-corrected chi connectivity index (χ3v) is 4.33. The zero-order valence-corrected chi connectivity index (χ0v) is 15.9. The van der Waals surface area contributed by atoms with Crippen LogP contribution in [0.2, 0.25) is 0 Å². The summed E-state index contributed by atoms with van der Waals surface area (Å²) in [5, 5.41) is 6.70. The summed E-state index contributed by atoms with van der Waals surface area (Å²) in [6.45, 7) is 11.3. The molecule has 1 fully saturated rings. The smallest absolute Gasteiger partial charge is 0.191 e. The van der Waals surface area contributed by atoms with Crippen LogP contribution in [-0.2, 0) is 9.47 Å². The van der Waals surface area contributed by atoms with Crippen molar-refractivity contribution in [1.29, 1.82) is 0 Å². The molecular weight excluding hydrogens is 314 g/mol. The van der Waals surface area contributed by atoms with Gasteiger partial charge in [0.2, 0.25) is 0 Å². The second-order valence-corrected chi connectivity index (χ2v) is 6.67. The van der Waals surface area contributed by atoms with Gasteiger partial charge >= 0.3 is 0 Å². The first kappa shape index (κ1) is 19.7. The molecular formula is C20H33N3O2. The third kappa shape index (κ3) is 7.45. The van der Waals surface area contributed by atoms with Gasteiger partial charge < -0.3 is 20.1 Å². The Balaban J connectivity index is 1.71. The molecule has 5 nitrogen and oxygen atoms in total. The number of hydrogen-bond donors (Lipinski definition) is 2. The first-order valence-electron chi connectivity index (χ1n) is 9.47. The molecule has 1 aliphatic rings. The Labute approximate surface area is 152 Å². The van der Waals surface area contributed by atoms with Crippen molar-refractivity contribution in [2.24, 2.45) is 4.99 Å². The maximum atomic E-state index is 5.79. The minimum absolute atomic E-state index is 0.289. The summed E-state index contributed by atoms with van der Waals surface area (Å²) >= 11 is 0. The number of benzene rings is 1. The van der Waals surface area contributed by atoms with Crippen LogP contribution >= 0.6 is 0 Å².